The van der Waals surface area contributed by atoms with E-state index in [9.17, 15) is 9.59 Å². The van der Waals surface area contributed by atoms with E-state index in [2.05, 4.69) is 17.6 Å². The van der Waals surface area contributed by atoms with Gasteiger partial charge in [0.1, 0.15) is 11.4 Å². The van der Waals surface area contributed by atoms with Crippen LogP contribution >= 0.6 is 0 Å². The third-order valence-corrected chi connectivity index (χ3v) is 2.93. The van der Waals surface area contributed by atoms with Crippen LogP contribution in [0.3, 0.4) is 0 Å². The Hall–Kier alpha value is -1.32. The van der Waals surface area contributed by atoms with E-state index in [1.165, 1.54) is 25.7 Å². The lowest BCUT2D eigenvalue weighted by Crippen LogP contribution is -2.38. The minimum absolute atomic E-state index is 0.165. The lowest BCUT2D eigenvalue weighted by molar-refractivity contribution is 0.645. The summed E-state index contributed by atoms with van der Waals surface area (Å²) in [4.78, 5) is 22.8. The van der Waals surface area contributed by atoms with E-state index >= 15 is 0 Å². The van der Waals surface area contributed by atoms with Crippen LogP contribution in [0.15, 0.2) is 9.59 Å². The molecular formula is C14H24N2O2. The quantitative estimate of drug-likeness (QED) is 0.523. The molecule has 0 aliphatic carbocycles. The first-order valence-electron chi connectivity index (χ1n) is 6.91. The van der Waals surface area contributed by atoms with Gasteiger partial charge in [-0.3, -0.25) is 9.59 Å². The predicted molar refractivity (Wildman–Crippen MR) is 77.4 cm³/mol. The zero-order valence-electron chi connectivity index (χ0n) is 11.6. The fourth-order valence-electron chi connectivity index (χ4n) is 1.93. The first-order valence-corrected chi connectivity index (χ1v) is 6.91. The van der Waals surface area contributed by atoms with Crippen LogP contribution in [0.2, 0.25) is 0 Å². The average Bonchev–Trinajstić information content (AvgIpc) is 2.35. The molecule has 4 nitrogen and oxygen atoms in total. The molecule has 18 heavy (non-hydrogen) atoms. The van der Waals surface area contributed by atoms with E-state index in [1.807, 2.05) is 13.8 Å². The Kier molecular flexibility index (Phi) is 5.89. The normalized spacial score (nSPS) is 11.1. The standard InChI is InChI=1S/C14H24N2O2/c1-4-5-6-7-8-9-15-11-12(16-10(2)3)14(18)13(11)17/h10,15-16H,4-9H2,1-3H3. The van der Waals surface area contributed by atoms with Crippen molar-refractivity contribution in [2.45, 2.75) is 58.9 Å². The van der Waals surface area contributed by atoms with Gasteiger partial charge in [0.15, 0.2) is 0 Å². The Morgan fingerprint density at radius 1 is 0.944 bits per heavy atom. The summed E-state index contributed by atoms with van der Waals surface area (Å²) in [5.74, 6) is 0. The van der Waals surface area contributed by atoms with Gasteiger partial charge in [-0.15, -0.1) is 0 Å². The molecule has 0 saturated carbocycles. The van der Waals surface area contributed by atoms with E-state index in [-0.39, 0.29) is 11.5 Å². The van der Waals surface area contributed by atoms with Gasteiger partial charge in [-0.25, -0.2) is 0 Å². The highest BCUT2D eigenvalue weighted by atomic mass is 16.2. The summed E-state index contributed by atoms with van der Waals surface area (Å²) in [5, 5.41) is 6.10. The first-order chi connectivity index (χ1) is 8.57. The first kappa shape index (κ1) is 14.7. The molecule has 0 aromatic heterocycles. The van der Waals surface area contributed by atoms with Crippen molar-refractivity contribution >= 4 is 11.4 Å². The highest BCUT2D eigenvalue weighted by Crippen LogP contribution is 2.15. The Bertz CT molecular complexity index is 431. The van der Waals surface area contributed by atoms with Crippen molar-refractivity contribution in [2.24, 2.45) is 0 Å². The van der Waals surface area contributed by atoms with Crippen molar-refractivity contribution in [3.8, 4) is 0 Å². The molecule has 4 heteroatoms. The van der Waals surface area contributed by atoms with Crippen LogP contribution in [0.25, 0.3) is 0 Å². The maximum absolute atomic E-state index is 11.4. The SMILES string of the molecule is CCCCCCCNc1c(NC(C)C)c(=O)c1=O. The summed E-state index contributed by atoms with van der Waals surface area (Å²) in [6.07, 6.45) is 5.94. The van der Waals surface area contributed by atoms with Crippen LogP contribution in [-0.4, -0.2) is 12.6 Å². The summed E-state index contributed by atoms with van der Waals surface area (Å²) in [7, 11) is 0. The van der Waals surface area contributed by atoms with Crippen LogP contribution < -0.4 is 21.5 Å². The number of hydrogen-bond acceptors (Lipinski definition) is 4. The van der Waals surface area contributed by atoms with Gasteiger partial charge in [0.05, 0.1) is 0 Å². The monoisotopic (exact) mass is 252 g/mol. The summed E-state index contributed by atoms with van der Waals surface area (Å²) >= 11 is 0. The molecule has 1 aromatic rings. The van der Waals surface area contributed by atoms with Crippen LogP contribution in [0, 0.1) is 0 Å². The molecule has 102 valence electrons. The Balaban J connectivity index is 2.36. The molecule has 0 spiro atoms. The molecule has 2 N–H and O–H groups in total. The fourth-order valence-corrected chi connectivity index (χ4v) is 1.93. The van der Waals surface area contributed by atoms with Gasteiger partial charge in [-0.05, 0) is 20.3 Å². The van der Waals surface area contributed by atoms with Gasteiger partial charge in [-0.2, -0.15) is 0 Å². The second-order valence-corrected chi connectivity index (χ2v) is 5.05. The van der Waals surface area contributed by atoms with Gasteiger partial charge in [0.25, 0.3) is 10.9 Å². The van der Waals surface area contributed by atoms with E-state index in [1.54, 1.807) is 0 Å². The van der Waals surface area contributed by atoms with Crippen LogP contribution in [0.5, 0.6) is 0 Å². The molecule has 1 rings (SSSR count). The highest BCUT2D eigenvalue weighted by Gasteiger charge is 2.20. The largest absolute Gasteiger partial charge is 0.380 e. The lowest BCUT2D eigenvalue weighted by atomic mass is 10.1. The molecule has 1 aromatic carbocycles. The third kappa shape index (κ3) is 3.86. The van der Waals surface area contributed by atoms with Crippen LogP contribution in [0.4, 0.5) is 11.4 Å². The number of hydrogen-bond donors (Lipinski definition) is 2. The molecular weight excluding hydrogens is 228 g/mol. The van der Waals surface area contributed by atoms with Crippen LogP contribution in [-0.2, 0) is 0 Å². The third-order valence-electron chi connectivity index (χ3n) is 2.93. The van der Waals surface area contributed by atoms with Crippen LogP contribution in [0.1, 0.15) is 52.9 Å². The molecule has 0 atom stereocenters. The van der Waals surface area contributed by atoms with Gasteiger partial charge >= 0.3 is 0 Å². The second-order valence-electron chi connectivity index (χ2n) is 5.05. The summed E-state index contributed by atoms with van der Waals surface area (Å²) in [5.41, 5.74) is 0.164. The Morgan fingerprint density at radius 2 is 1.56 bits per heavy atom. The minimum Gasteiger partial charge on any atom is -0.380 e. The van der Waals surface area contributed by atoms with Gasteiger partial charge in [0.2, 0.25) is 0 Å². The van der Waals surface area contributed by atoms with Gasteiger partial charge in [0, 0.05) is 12.6 Å². The minimum atomic E-state index is -0.391. The summed E-state index contributed by atoms with van der Waals surface area (Å²) in [6.45, 7) is 6.85. The molecule has 0 aliphatic heterocycles. The highest BCUT2D eigenvalue weighted by molar-refractivity contribution is 5.74. The molecule has 0 saturated heterocycles. The molecule has 0 radical (unpaired) electrons. The van der Waals surface area contributed by atoms with Gasteiger partial charge < -0.3 is 10.6 Å². The van der Waals surface area contributed by atoms with E-state index in [0.29, 0.717) is 11.4 Å². The number of nitrogens with one attached hydrogen (secondary N) is 2. The zero-order chi connectivity index (χ0) is 13.5. The van der Waals surface area contributed by atoms with Crippen molar-refractivity contribution < 1.29 is 0 Å². The molecule has 0 aliphatic rings. The van der Waals surface area contributed by atoms with Crippen molar-refractivity contribution in [1.82, 2.24) is 0 Å². The zero-order valence-corrected chi connectivity index (χ0v) is 11.6. The second kappa shape index (κ2) is 7.19. The van der Waals surface area contributed by atoms with Crippen molar-refractivity contribution in [3.63, 3.8) is 0 Å². The number of unbranched alkanes of at least 4 members (excludes halogenated alkanes) is 4. The van der Waals surface area contributed by atoms with Crippen molar-refractivity contribution in [3.05, 3.63) is 20.4 Å². The molecule has 0 amide bonds. The van der Waals surface area contributed by atoms with E-state index in [0.717, 1.165) is 13.0 Å². The number of rotatable bonds is 9. The van der Waals surface area contributed by atoms with E-state index < -0.39 is 5.43 Å². The number of anilines is 2. The Labute approximate surface area is 108 Å². The predicted octanol–water partition coefficient (Wildman–Crippen LogP) is 2.49. The molecule has 0 bridgehead atoms. The topological polar surface area (TPSA) is 58.2 Å². The molecule has 0 unspecified atom stereocenters. The van der Waals surface area contributed by atoms with Gasteiger partial charge in [-0.1, -0.05) is 32.6 Å². The van der Waals surface area contributed by atoms with Crippen molar-refractivity contribution in [2.75, 3.05) is 17.2 Å². The van der Waals surface area contributed by atoms with Crippen molar-refractivity contribution in [1.29, 1.82) is 0 Å². The summed E-state index contributed by atoms with van der Waals surface area (Å²) in [6, 6.07) is 0.165. The average molecular weight is 252 g/mol. The summed E-state index contributed by atoms with van der Waals surface area (Å²) < 4.78 is 0. The maximum atomic E-state index is 11.4. The lowest BCUT2D eigenvalue weighted by Gasteiger charge is -2.16. The maximum Gasteiger partial charge on any atom is 0.253 e. The molecule has 0 fully saturated rings. The Morgan fingerprint density at radius 3 is 2.17 bits per heavy atom. The smallest absolute Gasteiger partial charge is 0.253 e. The van der Waals surface area contributed by atoms with E-state index in [4.69, 9.17) is 0 Å². The molecule has 0 heterocycles. The fraction of sp³-hybridized carbons (Fsp3) is 0.714.